The molecule has 108 valence electrons. The number of hydrogen-bond acceptors (Lipinski definition) is 4. The highest BCUT2D eigenvalue weighted by molar-refractivity contribution is 5.59. The van der Waals surface area contributed by atoms with Crippen LogP contribution < -0.4 is 10.2 Å². The first-order valence-corrected chi connectivity index (χ1v) is 7.30. The fraction of sp³-hybridized carbons (Fsp3) is 0.533. The summed E-state index contributed by atoms with van der Waals surface area (Å²) in [5.74, 6) is 1.14. The largest absolute Gasteiger partial charge is 0.369 e. The van der Waals surface area contributed by atoms with Gasteiger partial charge in [-0.1, -0.05) is 0 Å². The van der Waals surface area contributed by atoms with E-state index >= 15 is 0 Å². The van der Waals surface area contributed by atoms with Crippen molar-refractivity contribution in [3.05, 3.63) is 30.4 Å². The Morgan fingerprint density at radius 2 is 2.10 bits per heavy atom. The molecule has 5 nitrogen and oxygen atoms in total. The average molecular weight is 273 g/mol. The van der Waals surface area contributed by atoms with Crippen molar-refractivity contribution >= 4 is 11.2 Å². The minimum atomic E-state index is 0.980. The number of fused-ring (bicyclic) bond motifs is 1. The average Bonchev–Trinajstić information content (AvgIpc) is 2.88. The Bertz CT molecular complexity index is 569. The van der Waals surface area contributed by atoms with E-state index in [1.54, 1.807) is 0 Å². The highest BCUT2D eigenvalue weighted by Gasteiger charge is 2.12. The van der Waals surface area contributed by atoms with Crippen LogP contribution in [0.3, 0.4) is 0 Å². The Kier molecular flexibility index (Phi) is 3.89. The summed E-state index contributed by atoms with van der Waals surface area (Å²) in [5.41, 5.74) is 2.49. The van der Waals surface area contributed by atoms with Crippen molar-refractivity contribution in [3.63, 3.8) is 0 Å². The number of imidazole rings is 1. The molecule has 1 aliphatic rings. The van der Waals surface area contributed by atoms with Crippen LogP contribution >= 0.6 is 0 Å². The van der Waals surface area contributed by atoms with Crippen LogP contribution in [0, 0.1) is 0 Å². The van der Waals surface area contributed by atoms with E-state index in [1.165, 1.54) is 11.2 Å². The number of nitrogens with zero attached hydrogens (tertiary/aromatic N) is 4. The highest BCUT2D eigenvalue weighted by atomic mass is 15.2. The van der Waals surface area contributed by atoms with Crippen LogP contribution in [0.15, 0.2) is 24.5 Å². The van der Waals surface area contributed by atoms with Gasteiger partial charge in [0.25, 0.3) is 0 Å². The summed E-state index contributed by atoms with van der Waals surface area (Å²) in [6.07, 6.45) is 5.12. The number of anilines is 1. The standard InChI is InChI=1S/C15H23N5/c1-18(2)7-4-15-17-12-14-11-13(3-8-20(14)15)19-9-5-16-6-10-19/h3,8,11-12,16H,4-7,9-10H2,1-2H3. The van der Waals surface area contributed by atoms with Crippen LogP contribution in [0.25, 0.3) is 5.52 Å². The number of nitrogens with one attached hydrogen (secondary N) is 1. The predicted molar refractivity (Wildman–Crippen MR) is 82.5 cm³/mol. The van der Waals surface area contributed by atoms with Gasteiger partial charge >= 0.3 is 0 Å². The second kappa shape index (κ2) is 5.81. The Hall–Kier alpha value is -1.59. The van der Waals surface area contributed by atoms with E-state index in [1.807, 2.05) is 6.20 Å². The third-order valence-electron chi connectivity index (χ3n) is 3.86. The molecule has 0 saturated carbocycles. The Morgan fingerprint density at radius 3 is 2.85 bits per heavy atom. The zero-order valence-corrected chi connectivity index (χ0v) is 12.3. The fourth-order valence-corrected chi connectivity index (χ4v) is 2.67. The number of piperazine rings is 1. The molecule has 20 heavy (non-hydrogen) atoms. The van der Waals surface area contributed by atoms with Crippen molar-refractivity contribution < 1.29 is 0 Å². The zero-order chi connectivity index (χ0) is 13.9. The first-order valence-electron chi connectivity index (χ1n) is 7.30. The van der Waals surface area contributed by atoms with Crippen molar-refractivity contribution in [1.82, 2.24) is 19.6 Å². The summed E-state index contributed by atoms with van der Waals surface area (Å²) < 4.78 is 2.20. The highest BCUT2D eigenvalue weighted by Crippen LogP contribution is 2.18. The lowest BCUT2D eigenvalue weighted by Crippen LogP contribution is -2.43. The maximum atomic E-state index is 4.56. The van der Waals surface area contributed by atoms with Gasteiger partial charge in [-0.3, -0.25) is 0 Å². The molecule has 5 heteroatoms. The second-order valence-corrected chi connectivity index (χ2v) is 5.64. The topological polar surface area (TPSA) is 35.8 Å². The number of rotatable bonds is 4. The number of likely N-dealkylation sites (N-methyl/N-ethyl adjacent to an activating group) is 1. The van der Waals surface area contributed by atoms with Gasteiger partial charge in [0.1, 0.15) is 5.82 Å². The van der Waals surface area contributed by atoms with Crippen LogP contribution in [0.2, 0.25) is 0 Å². The molecule has 1 saturated heterocycles. The van der Waals surface area contributed by atoms with Crippen LogP contribution in [-0.2, 0) is 6.42 Å². The van der Waals surface area contributed by atoms with Gasteiger partial charge in [0.2, 0.25) is 0 Å². The molecule has 1 fully saturated rings. The molecule has 0 amide bonds. The third kappa shape index (κ3) is 2.78. The number of aromatic nitrogens is 2. The third-order valence-corrected chi connectivity index (χ3v) is 3.86. The Labute approximate surface area is 120 Å². The van der Waals surface area contributed by atoms with E-state index in [0.29, 0.717) is 0 Å². The maximum absolute atomic E-state index is 4.56. The summed E-state index contributed by atoms with van der Waals surface area (Å²) in [6.45, 7) is 5.32. The van der Waals surface area contributed by atoms with E-state index in [9.17, 15) is 0 Å². The molecular weight excluding hydrogens is 250 g/mol. The van der Waals surface area contributed by atoms with Gasteiger partial charge in [-0.15, -0.1) is 0 Å². The molecular formula is C15H23N5. The summed E-state index contributed by atoms with van der Waals surface area (Å²) >= 11 is 0. The van der Waals surface area contributed by atoms with Gasteiger partial charge < -0.3 is 19.5 Å². The Balaban J connectivity index is 1.81. The number of pyridine rings is 1. The minimum Gasteiger partial charge on any atom is -0.369 e. The molecule has 0 radical (unpaired) electrons. The van der Waals surface area contributed by atoms with Crippen molar-refractivity contribution in [2.24, 2.45) is 0 Å². The normalized spacial score (nSPS) is 16.2. The molecule has 0 unspecified atom stereocenters. The lowest BCUT2D eigenvalue weighted by molar-refractivity contribution is 0.409. The predicted octanol–water partition coefficient (Wildman–Crippen LogP) is 0.848. The van der Waals surface area contributed by atoms with Crippen molar-refractivity contribution in [1.29, 1.82) is 0 Å². The van der Waals surface area contributed by atoms with Crippen LogP contribution in [0.1, 0.15) is 5.82 Å². The fourth-order valence-electron chi connectivity index (χ4n) is 2.67. The van der Waals surface area contributed by atoms with Gasteiger partial charge in [-0.05, 0) is 26.2 Å². The van der Waals surface area contributed by atoms with Gasteiger partial charge in [0, 0.05) is 51.0 Å². The molecule has 1 aliphatic heterocycles. The SMILES string of the molecule is CN(C)CCc1ncc2cc(N3CCNCC3)ccn12. The van der Waals surface area contributed by atoms with Crippen molar-refractivity contribution in [2.45, 2.75) is 6.42 Å². The molecule has 0 bridgehead atoms. The molecule has 3 rings (SSSR count). The van der Waals surface area contributed by atoms with Gasteiger partial charge in [-0.25, -0.2) is 4.98 Å². The molecule has 0 aliphatic carbocycles. The van der Waals surface area contributed by atoms with Crippen LogP contribution in [0.4, 0.5) is 5.69 Å². The van der Waals surface area contributed by atoms with Crippen molar-refractivity contribution in [2.75, 3.05) is 51.7 Å². The van der Waals surface area contributed by atoms with Crippen LogP contribution in [0.5, 0.6) is 0 Å². The summed E-state index contributed by atoms with van der Waals surface area (Å²) in [6, 6.07) is 4.46. The van der Waals surface area contributed by atoms with Gasteiger partial charge in [-0.2, -0.15) is 0 Å². The maximum Gasteiger partial charge on any atom is 0.114 e. The summed E-state index contributed by atoms with van der Waals surface area (Å²) in [7, 11) is 4.19. The van der Waals surface area contributed by atoms with E-state index in [2.05, 4.69) is 56.9 Å². The molecule has 2 aromatic rings. The summed E-state index contributed by atoms with van der Waals surface area (Å²) in [4.78, 5) is 9.18. The zero-order valence-electron chi connectivity index (χ0n) is 12.3. The van der Waals surface area contributed by atoms with Crippen molar-refractivity contribution in [3.8, 4) is 0 Å². The smallest absolute Gasteiger partial charge is 0.114 e. The summed E-state index contributed by atoms with van der Waals surface area (Å²) in [5, 5.41) is 3.39. The first kappa shape index (κ1) is 13.4. The van der Waals surface area contributed by atoms with Crippen LogP contribution in [-0.4, -0.2) is 61.1 Å². The van der Waals surface area contributed by atoms with E-state index in [0.717, 1.165) is 45.0 Å². The quantitative estimate of drug-likeness (QED) is 0.896. The Morgan fingerprint density at radius 1 is 1.30 bits per heavy atom. The monoisotopic (exact) mass is 273 g/mol. The first-order chi connectivity index (χ1) is 9.74. The number of hydrogen-bond donors (Lipinski definition) is 1. The molecule has 1 N–H and O–H groups in total. The molecule has 0 spiro atoms. The van der Waals surface area contributed by atoms with Gasteiger partial charge in [0.15, 0.2) is 0 Å². The lowest BCUT2D eigenvalue weighted by Gasteiger charge is -2.29. The van der Waals surface area contributed by atoms with E-state index < -0.39 is 0 Å². The molecule has 0 aromatic carbocycles. The van der Waals surface area contributed by atoms with E-state index in [-0.39, 0.29) is 0 Å². The van der Waals surface area contributed by atoms with Gasteiger partial charge in [0.05, 0.1) is 11.7 Å². The molecule has 0 atom stereocenters. The minimum absolute atomic E-state index is 0.980. The molecule has 3 heterocycles. The second-order valence-electron chi connectivity index (χ2n) is 5.64. The molecule has 2 aromatic heterocycles. The van der Waals surface area contributed by atoms with E-state index in [4.69, 9.17) is 0 Å². The lowest BCUT2D eigenvalue weighted by atomic mass is 10.2.